The molecule has 0 spiro atoms. The Hall–Kier alpha value is -4.00. The third kappa shape index (κ3) is 10.1. The number of carboxylic acids is 1. The van der Waals surface area contributed by atoms with E-state index in [2.05, 4.69) is 16.0 Å². The summed E-state index contributed by atoms with van der Waals surface area (Å²) in [6.45, 7) is 1.30. The van der Waals surface area contributed by atoms with Crippen molar-refractivity contribution in [3.8, 4) is 0 Å². The Kier molecular flexibility index (Phi) is 11.2. The SMILES string of the molecule is CC(NC(=O)C(Cc1ccccc1)NC(=O)C(N)CCC(N)=O)C(=O)NC(CC(N)=O)C(=O)O. The Bertz CT molecular complexity index is 908. The summed E-state index contributed by atoms with van der Waals surface area (Å²) in [5.41, 5.74) is 16.5. The number of benzene rings is 1. The average Bonchev–Trinajstić information content (AvgIpc) is 2.76. The van der Waals surface area contributed by atoms with Crippen molar-refractivity contribution in [1.82, 2.24) is 16.0 Å². The molecule has 0 heterocycles. The third-order valence-electron chi connectivity index (χ3n) is 4.73. The summed E-state index contributed by atoms with van der Waals surface area (Å²) in [6, 6.07) is 3.72. The molecule has 34 heavy (non-hydrogen) atoms. The summed E-state index contributed by atoms with van der Waals surface area (Å²) >= 11 is 0. The van der Waals surface area contributed by atoms with Crippen LogP contribution in [0.4, 0.5) is 0 Å². The van der Waals surface area contributed by atoms with Gasteiger partial charge in [-0.1, -0.05) is 30.3 Å². The lowest BCUT2D eigenvalue weighted by molar-refractivity contribution is -0.143. The fourth-order valence-corrected chi connectivity index (χ4v) is 2.84. The molecule has 0 aliphatic rings. The van der Waals surface area contributed by atoms with Crippen molar-refractivity contribution in [3.63, 3.8) is 0 Å². The average molecular weight is 479 g/mol. The van der Waals surface area contributed by atoms with E-state index in [1.165, 1.54) is 6.92 Å². The van der Waals surface area contributed by atoms with Crippen molar-refractivity contribution >= 4 is 35.5 Å². The van der Waals surface area contributed by atoms with Crippen LogP contribution < -0.4 is 33.2 Å². The number of primary amides is 2. The lowest BCUT2D eigenvalue weighted by Crippen LogP contribution is -2.57. The first kappa shape index (κ1) is 28.0. The largest absolute Gasteiger partial charge is 0.480 e. The van der Waals surface area contributed by atoms with Crippen LogP contribution in [-0.4, -0.2) is 64.8 Å². The van der Waals surface area contributed by atoms with Gasteiger partial charge in [-0.2, -0.15) is 0 Å². The van der Waals surface area contributed by atoms with Crippen LogP contribution in [0.5, 0.6) is 0 Å². The van der Waals surface area contributed by atoms with Crippen LogP contribution in [0, 0.1) is 0 Å². The minimum absolute atomic E-state index is 0.0178. The van der Waals surface area contributed by atoms with Crippen molar-refractivity contribution in [2.45, 2.75) is 56.8 Å². The van der Waals surface area contributed by atoms with Crippen LogP contribution in [0.25, 0.3) is 0 Å². The molecule has 0 saturated carbocycles. The highest BCUT2D eigenvalue weighted by atomic mass is 16.4. The first-order valence-corrected chi connectivity index (χ1v) is 10.4. The zero-order chi connectivity index (χ0) is 25.8. The van der Waals surface area contributed by atoms with Crippen LogP contribution >= 0.6 is 0 Å². The summed E-state index contributed by atoms with van der Waals surface area (Å²) in [7, 11) is 0. The molecule has 1 aromatic rings. The molecule has 0 aliphatic carbocycles. The molecule has 0 fully saturated rings. The number of amides is 5. The van der Waals surface area contributed by atoms with Crippen LogP contribution in [0.15, 0.2) is 30.3 Å². The second-order valence-corrected chi connectivity index (χ2v) is 7.66. The zero-order valence-corrected chi connectivity index (χ0v) is 18.7. The predicted molar refractivity (Wildman–Crippen MR) is 119 cm³/mol. The van der Waals surface area contributed by atoms with Gasteiger partial charge in [0.25, 0.3) is 0 Å². The topological polar surface area (TPSA) is 237 Å². The maximum absolute atomic E-state index is 12.9. The highest BCUT2D eigenvalue weighted by Gasteiger charge is 2.29. The van der Waals surface area contributed by atoms with E-state index >= 15 is 0 Å². The number of carbonyl (C=O) groups excluding carboxylic acids is 5. The summed E-state index contributed by atoms with van der Waals surface area (Å²) < 4.78 is 0. The quantitative estimate of drug-likeness (QED) is 0.148. The van der Waals surface area contributed by atoms with Gasteiger partial charge in [0.2, 0.25) is 29.5 Å². The Morgan fingerprint density at radius 2 is 1.44 bits per heavy atom. The van der Waals surface area contributed by atoms with Gasteiger partial charge in [0.05, 0.1) is 12.5 Å². The molecule has 4 unspecified atom stereocenters. The molecule has 0 radical (unpaired) electrons. The molecule has 13 nitrogen and oxygen atoms in total. The van der Waals surface area contributed by atoms with E-state index in [1.54, 1.807) is 30.3 Å². The van der Waals surface area contributed by atoms with Gasteiger partial charge < -0.3 is 38.3 Å². The van der Waals surface area contributed by atoms with Crippen molar-refractivity contribution < 1.29 is 33.9 Å². The fraction of sp³-hybridized carbons (Fsp3) is 0.429. The van der Waals surface area contributed by atoms with E-state index in [9.17, 15) is 28.8 Å². The van der Waals surface area contributed by atoms with Crippen LogP contribution in [0.2, 0.25) is 0 Å². The van der Waals surface area contributed by atoms with Crippen LogP contribution in [-0.2, 0) is 35.2 Å². The molecule has 4 atom stereocenters. The molecule has 1 aromatic carbocycles. The first-order valence-electron chi connectivity index (χ1n) is 10.4. The smallest absolute Gasteiger partial charge is 0.326 e. The Labute approximate surface area is 195 Å². The number of carboxylic acid groups (broad SMARTS) is 1. The van der Waals surface area contributed by atoms with Gasteiger partial charge in [0.15, 0.2) is 0 Å². The van der Waals surface area contributed by atoms with Crippen molar-refractivity contribution in [3.05, 3.63) is 35.9 Å². The van der Waals surface area contributed by atoms with Crippen LogP contribution in [0.1, 0.15) is 31.7 Å². The van der Waals surface area contributed by atoms with Gasteiger partial charge in [0, 0.05) is 12.8 Å². The Morgan fingerprint density at radius 1 is 0.853 bits per heavy atom. The minimum Gasteiger partial charge on any atom is -0.480 e. The monoisotopic (exact) mass is 478 g/mol. The second-order valence-electron chi connectivity index (χ2n) is 7.66. The van der Waals surface area contributed by atoms with Gasteiger partial charge in [-0.25, -0.2) is 4.79 Å². The van der Waals surface area contributed by atoms with E-state index in [0.29, 0.717) is 5.56 Å². The lowest BCUT2D eigenvalue weighted by Gasteiger charge is -2.23. The fourth-order valence-electron chi connectivity index (χ4n) is 2.84. The normalized spacial score (nSPS) is 14.1. The maximum Gasteiger partial charge on any atom is 0.326 e. The van der Waals surface area contributed by atoms with Crippen molar-refractivity contribution in [2.24, 2.45) is 17.2 Å². The number of nitrogens with one attached hydrogen (secondary N) is 3. The number of aliphatic carboxylic acids is 1. The van der Waals surface area contributed by atoms with Gasteiger partial charge in [0.1, 0.15) is 18.1 Å². The number of hydrogen-bond donors (Lipinski definition) is 7. The number of rotatable bonds is 14. The number of carbonyl (C=O) groups is 6. The van der Waals surface area contributed by atoms with Crippen molar-refractivity contribution in [2.75, 3.05) is 0 Å². The molecular formula is C21H30N6O7. The van der Waals surface area contributed by atoms with E-state index in [-0.39, 0.29) is 19.3 Å². The molecule has 186 valence electrons. The standard InChI is InChI=1S/C21H30N6O7/c1-11(18(30)27-15(21(33)34)10-17(24)29)25-20(32)14(9-12-5-3-2-4-6-12)26-19(31)13(22)7-8-16(23)28/h2-6,11,13-15H,7-10,22H2,1H3,(H2,23,28)(H2,24,29)(H,25,32)(H,26,31)(H,27,30)(H,33,34). The maximum atomic E-state index is 12.9. The molecule has 5 amide bonds. The van der Waals surface area contributed by atoms with Crippen LogP contribution in [0.3, 0.4) is 0 Å². The minimum atomic E-state index is -1.56. The van der Waals surface area contributed by atoms with Crippen molar-refractivity contribution in [1.29, 1.82) is 0 Å². The highest BCUT2D eigenvalue weighted by Crippen LogP contribution is 2.05. The summed E-state index contributed by atoms with van der Waals surface area (Å²) in [5, 5.41) is 16.1. The Balaban J connectivity index is 2.90. The molecule has 0 bridgehead atoms. The van der Waals surface area contributed by atoms with Gasteiger partial charge in [-0.05, 0) is 18.9 Å². The third-order valence-corrected chi connectivity index (χ3v) is 4.73. The zero-order valence-electron chi connectivity index (χ0n) is 18.7. The molecule has 1 rings (SSSR count). The second kappa shape index (κ2) is 13.5. The van der Waals surface area contributed by atoms with Gasteiger partial charge in [-0.3, -0.25) is 24.0 Å². The molecule has 0 saturated heterocycles. The molecule has 10 N–H and O–H groups in total. The molecular weight excluding hydrogens is 448 g/mol. The van der Waals surface area contributed by atoms with E-state index < -0.39 is 66.1 Å². The van der Waals surface area contributed by atoms with E-state index in [0.717, 1.165) is 0 Å². The predicted octanol–water partition coefficient (Wildman–Crippen LogP) is -2.74. The number of hydrogen-bond acceptors (Lipinski definition) is 7. The highest BCUT2D eigenvalue weighted by molar-refractivity contribution is 5.94. The van der Waals surface area contributed by atoms with Gasteiger partial charge >= 0.3 is 5.97 Å². The summed E-state index contributed by atoms with van der Waals surface area (Å²) in [5.74, 6) is -5.32. The lowest BCUT2D eigenvalue weighted by atomic mass is 10.0. The summed E-state index contributed by atoms with van der Waals surface area (Å²) in [4.78, 5) is 70.8. The van der Waals surface area contributed by atoms with E-state index in [4.69, 9.17) is 22.3 Å². The molecule has 0 aromatic heterocycles. The first-order chi connectivity index (χ1) is 15.9. The van der Waals surface area contributed by atoms with E-state index in [1.807, 2.05) is 0 Å². The summed E-state index contributed by atoms with van der Waals surface area (Å²) in [6.07, 6.45) is -0.695. The molecule has 0 aliphatic heterocycles. The Morgan fingerprint density at radius 3 is 1.97 bits per heavy atom. The number of nitrogens with two attached hydrogens (primary N) is 3. The molecule has 13 heteroatoms. The van der Waals surface area contributed by atoms with Gasteiger partial charge in [-0.15, -0.1) is 0 Å².